The lowest BCUT2D eigenvalue weighted by Gasteiger charge is -2.31. The molecule has 5 aromatic rings. The van der Waals surface area contributed by atoms with E-state index in [0.29, 0.717) is 11.8 Å². The van der Waals surface area contributed by atoms with E-state index in [2.05, 4.69) is 63.8 Å². The van der Waals surface area contributed by atoms with Crippen LogP contribution in [0.2, 0.25) is 0 Å². The third kappa shape index (κ3) is 5.07. The highest BCUT2D eigenvalue weighted by Gasteiger charge is 2.57. The number of amides is 3. The monoisotopic (exact) mass is 673 g/mol. The van der Waals surface area contributed by atoms with Crippen LogP contribution in [0, 0.1) is 17.8 Å². The molecule has 3 unspecified atom stereocenters. The quantitative estimate of drug-likeness (QED) is 0.151. The number of nitrogens with one attached hydrogen (secondary N) is 3. The molecule has 0 bridgehead atoms. The third-order valence-electron chi connectivity index (χ3n) is 11.3. The van der Waals surface area contributed by atoms with E-state index >= 15 is 0 Å². The van der Waals surface area contributed by atoms with Gasteiger partial charge in [0.1, 0.15) is 17.7 Å². The molecule has 9 rings (SSSR count). The molecule has 4 N–H and O–H groups in total. The number of aromatic nitrogens is 4. The normalized spacial score (nSPS) is 25.5. The highest BCUT2D eigenvalue weighted by atomic mass is 16.5. The molecule has 2 aliphatic carbocycles. The number of alkyl carbamates (subject to hydrolysis) is 1. The lowest BCUT2D eigenvalue weighted by atomic mass is 9.99. The van der Waals surface area contributed by atoms with Gasteiger partial charge in [0.05, 0.1) is 35.9 Å². The van der Waals surface area contributed by atoms with E-state index in [-0.39, 0.29) is 36.0 Å². The van der Waals surface area contributed by atoms with Gasteiger partial charge < -0.3 is 30.0 Å². The molecular formula is C38H39N7O5. The Morgan fingerprint density at radius 1 is 0.840 bits per heavy atom. The summed E-state index contributed by atoms with van der Waals surface area (Å²) in [5.41, 5.74) is 5.65. The number of methoxy groups -OCH3 is 1. The van der Waals surface area contributed by atoms with Crippen molar-refractivity contribution < 1.29 is 24.2 Å². The number of ether oxygens (including phenoxy) is 1. The molecule has 50 heavy (non-hydrogen) atoms. The zero-order chi connectivity index (χ0) is 34.4. The van der Waals surface area contributed by atoms with Gasteiger partial charge >= 0.3 is 12.2 Å². The lowest BCUT2D eigenvalue weighted by Crippen LogP contribution is -2.52. The summed E-state index contributed by atoms with van der Waals surface area (Å²) in [6, 6.07) is 18.1. The standard InChI is InChI=1S/C38H39N7O5/c1-18(2)33(43-37(47)50-3)36(46)44-29-13-24(29)15-31(44)34-39-17-28(42-34)23-7-6-19-10-20(4-5-21(19)11-23)22-8-9-26-27(12-22)41-35(40-26)32-16-25-14-30(25)45(32)38(48)49/h4-12,17-18,24-25,29-33H,13-16H2,1-3H3,(H,39,42)(H,40,41)(H,43,47)(H,48,49)/t24-,25?,29+,30?,31-,32?,33-/m0/s1. The summed E-state index contributed by atoms with van der Waals surface area (Å²) in [6.45, 7) is 3.84. The van der Waals surface area contributed by atoms with Crippen molar-refractivity contribution in [3.05, 3.63) is 72.4 Å². The topological polar surface area (TPSA) is 157 Å². The highest BCUT2D eigenvalue weighted by molar-refractivity contribution is 5.92. The Morgan fingerprint density at radius 2 is 1.48 bits per heavy atom. The van der Waals surface area contributed by atoms with Gasteiger partial charge in [0.25, 0.3) is 0 Å². The van der Waals surface area contributed by atoms with Gasteiger partial charge in [-0.2, -0.15) is 0 Å². The lowest BCUT2D eigenvalue weighted by molar-refractivity contribution is -0.136. The van der Waals surface area contributed by atoms with E-state index < -0.39 is 18.2 Å². The second-order valence-corrected chi connectivity index (χ2v) is 14.7. The Morgan fingerprint density at radius 3 is 2.18 bits per heavy atom. The molecule has 7 atom stereocenters. The molecule has 2 aromatic heterocycles. The maximum atomic E-state index is 13.8. The molecule has 2 saturated carbocycles. The Bertz CT molecular complexity index is 2190. The number of hydrogen-bond donors (Lipinski definition) is 4. The van der Waals surface area contributed by atoms with Crippen LogP contribution in [0.1, 0.15) is 63.3 Å². The Kier molecular flexibility index (Phi) is 6.94. The van der Waals surface area contributed by atoms with Crippen LogP contribution in [0.3, 0.4) is 0 Å². The summed E-state index contributed by atoms with van der Waals surface area (Å²) in [5, 5.41) is 14.7. The number of imidazole rings is 2. The van der Waals surface area contributed by atoms with Crippen LogP contribution in [0.15, 0.2) is 60.8 Å². The first kappa shape index (κ1) is 30.7. The van der Waals surface area contributed by atoms with Crippen LogP contribution in [-0.4, -0.2) is 78.2 Å². The number of benzene rings is 3. The molecule has 3 amide bonds. The van der Waals surface area contributed by atoms with Crippen molar-refractivity contribution in [1.82, 2.24) is 35.1 Å². The minimum atomic E-state index is -0.872. The van der Waals surface area contributed by atoms with Crippen molar-refractivity contribution in [2.75, 3.05) is 7.11 Å². The fourth-order valence-corrected chi connectivity index (χ4v) is 8.46. The van der Waals surface area contributed by atoms with Crippen molar-refractivity contribution in [3.63, 3.8) is 0 Å². The average Bonchev–Trinajstić information content (AvgIpc) is 3.73. The van der Waals surface area contributed by atoms with Crippen LogP contribution in [-0.2, 0) is 9.53 Å². The fraction of sp³-hybridized carbons (Fsp3) is 0.395. The Hall–Kier alpha value is -5.39. The van der Waals surface area contributed by atoms with Crippen LogP contribution in [0.25, 0.3) is 44.2 Å². The zero-order valence-electron chi connectivity index (χ0n) is 28.1. The average molecular weight is 674 g/mol. The van der Waals surface area contributed by atoms with Crippen molar-refractivity contribution in [2.45, 2.75) is 69.7 Å². The van der Waals surface area contributed by atoms with E-state index in [1.165, 1.54) is 7.11 Å². The van der Waals surface area contributed by atoms with Gasteiger partial charge in [0.2, 0.25) is 5.91 Å². The van der Waals surface area contributed by atoms with E-state index in [9.17, 15) is 19.5 Å². The van der Waals surface area contributed by atoms with E-state index in [1.54, 1.807) is 4.90 Å². The summed E-state index contributed by atoms with van der Waals surface area (Å²) in [5.74, 6) is 2.20. The number of likely N-dealkylation sites (tertiary alicyclic amines) is 2. The summed E-state index contributed by atoms with van der Waals surface area (Å²) >= 11 is 0. The Balaban J connectivity index is 0.942. The van der Waals surface area contributed by atoms with Gasteiger partial charge in [-0.25, -0.2) is 19.6 Å². The predicted octanol–water partition coefficient (Wildman–Crippen LogP) is 6.63. The predicted molar refractivity (Wildman–Crippen MR) is 186 cm³/mol. The molecule has 3 aromatic carbocycles. The SMILES string of the molecule is COC(=O)N[C@H](C(=O)N1[C@@H]2C[C@H]2C[C@H]1c1nc(-c2ccc3cc(-c4ccc5nc(C6CC7CC7N6C(=O)O)[nH]c5c4)ccc3c2)c[nH]1)C(C)C. The van der Waals surface area contributed by atoms with E-state index in [4.69, 9.17) is 14.7 Å². The minimum absolute atomic E-state index is 0.0921. The maximum Gasteiger partial charge on any atom is 0.408 e. The summed E-state index contributed by atoms with van der Waals surface area (Å²) in [6.07, 6.45) is 4.04. The molecule has 4 aliphatic rings. The molecule has 4 fully saturated rings. The van der Waals surface area contributed by atoms with Gasteiger partial charge in [0.15, 0.2) is 0 Å². The second kappa shape index (κ2) is 11.3. The maximum absolute atomic E-state index is 13.8. The number of aromatic amines is 2. The molecule has 2 saturated heterocycles. The van der Waals surface area contributed by atoms with Crippen LogP contribution < -0.4 is 5.32 Å². The number of H-pyrrole nitrogens is 2. The van der Waals surface area contributed by atoms with Crippen molar-refractivity contribution in [3.8, 4) is 22.4 Å². The first-order valence-corrected chi connectivity index (χ1v) is 17.4. The Labute approximate surface area is 288 Å². The van der Waals surface area contributed by atoms with E-state index in [0.717, 1.165) is 81.5 Å². The van der Waals surface area contributed by atoms with Crippen LogP contribution in [0.5, 0.6) is 0 Å². The first-order valence-electron chi connectivity index (χ1n) is 17.4. The van der Waals surface area contributed by atoms with Gasteiger partial charge in [-0.1, -0.05) is 44.2 Å². The van der Waals surface area contributed by atoms with Gasteiger partial charge in [-0.15, -0.1) is 0 Å². The number of carbonyl (C=O) groups is 3. The van der Waals surface area contributed by atoms with Crippen molar-refractivity contribution >= 4 is 39.9 Å². The molecule has 256 valence electrons. The summed E-state index contributed by atoms with van der Waals surface area (Å²) in [4.78, 5) is 57.7. The largest absolute Gasteiger partial charge is 0.465 e. The fourth-order valence-electron chi connectivity index (χ4n) is 8.46. The molecule has 0 spiro atoms. The molecular weight excluding hydrogens is 634 g/mol. The third-order valence-corrected chi connectivity index (χ3v) is 11.3. The van der Waals surface area contributed by atoms with Gasteiger partial charge in [0, 0.05) is 23.8 Å². The number of nitrogens with zero attached hydrogens (tertiary/aromatic N) is 4. The first-order chi connectivity index (χ1) is 24.2. The molecule has 2 aliphatic heterocycles. The minimum Gasteiger partial charge on any atom is -0.465 e. The summed E-state index contributed by atoms with van der Waals surface area (Å²) in [7, 11) is 1.30. The van der Waals surface area contributed by atoms with Crippen molar-refractivity contribution in [2.24, 2.45) is 17.8 Å². The van der Waals surface area contributed by atoms with Crippen LogP contribution >= 0.6 is 0 Å². The molecule has 4 heterocycles. The highest BCUT2D eigenvalue weighted by Crippen LogP contribution is 2.54. The van der Waals surface area contributed by atoms with Crippen molar-refractivity contribution in [1.29, 1.82) is 0 Å². The number of piperidine rings is 2. The zero-order valence-corrected chi connectivity index (χ0v) is 28.1. The second-order valence-electron chi connectivity index (χ2n) is 14.7. The molecule has 12 heteroatoms. The van der Waals surface area contributed by atoms with E-state index in [1.807, 2.05) is 31.0 Å². The number of fused-ring (bicyclic) bond motifs is 4. The number of hydrogen-bond acceptors (Lipinski definition) is 6. The van der Waals surface area contributed by atoms with Crippen LogP contribution in [0.4, 0.5) is 9.59 Å². The molecule has 0 radical (unpaired) electrons. The summed E-state index contributed by atoms with van der Waals surface area (Å²) < 4.78 is 4.79. The number of rotatable bonds is 7. The molecule has 12 nitrogen and oxygen atoms in total. The van der Waals surface area contributed by atoms with Gasteiger partial charge in [-0.3, -0.25) is 9.69 Å². The number of carbonyl (C=O) groups excluding carboxylic acids is 2. The van der Waals surface area contributed by atoms with Gasteiger partial charge in [-0.05, 0) is 89.6 Å². The smallest absolute Gasteiger partial charge is 0.408 e. The number of carboxylic acid groups (broad SMARTS) is 1.